The molecule has 0 amide bonds. The van der Waals surface area contributed by atoms with Gasteiger partial charge in [0, 0.05) is 0 Å². The Labute approximate surface area is 72.7 Å². The highest BCUT2D eigenvalue weighted by Crippen LogP contribution is 1.89. The second kappa shape index (κ2) is 3.90. The topological polar surface area (TPSA) is 161 Å². The normalized spacial score (nSPS) is 8.92. The molecule has 2 heterocycles. The number of nitrogens with zero attached hydrogens (tertiary/aromatic N) is 4. The molecular weight excluding hydrogens is 174 g/mol. The third kappa shape index (κ3) is 3.05. The van der Waals surface area contributed by atoms with E-state index in [-0.39, 0.29) is 11.9 Å². The van der Waals surface area contributed by atoms with Crippen molar-refractivity contribution in [2.24, 2.45) is 0 Å². The molecule has 0 atom stereocenters. The molecular formula is C4H9N9. The smallest absolute Gasteiger partial charge is 0.241 e. The Morgan fingerprint density at radius 1 is 1.08 bits per heavy atom. The van der Waals surface area contributed by atoms with Gasteiger partial charge < -0.3 is 17.2 Å². The minimum atomic E-state index is 0.178. The van der Waals surface area contributed by atoms with Crippen molar-refractivity contribution in [3.63, 3.8) is 0 Å². The largest absolute Gasteiger partial charge is 0.368 e. The molecule has 70 valence electrons. The van der Waals surface area contributed by atoms with Crippen LogP contribution in [0.4, 0.5) is 17.8 Å². The number of H-pyrrole nitrogens is 2. The third-order valence-electron chi connectivity index (χ3n) is 0.954. The van der Waals surface area contributed by atoms with Gasteiger partial charge in [-0.05, 0) is 0 Å². The Kier molecular flexibility index (Phi) is 2.63. The number of nitrogen functional groups attached to an aromatic ring is 3. The lowest BCUT2D eigenvalue weighted by Gasteiger charge is -1.69. The Morgan fingerprint density at radius 2 is 1.85 bits per heavy atom. The van der Waals surface area contributed by atoms with E-state index in [4.69, 9.17) is 17.2 Å². The van der Waals surface area contributed by atoms with Crippen LogP contribution in [0.25, 0.3) is 0 Å². The molecule has 0 saturated carbocycles. The number of aromatic nitrogens is 6. The summed E-state index contributed by atoms with van der Waals surface area (Å²) in [5.74, 6) is 0.782. The van der Waals surface area contributed by atoms with Crippen molar-refractivity contribution in [1.82, 2.24) is 30.4 Å². The van der Waals surface area contributed by atoms with Gasteiger partial charge in [-0.3, -0.25) is 0 Å². The van der Waals surface area contributed by atoms with Crippen LogP contribution in [0, 0.1) is 0 Å². The van der Waals surface area contributed by atoms with E-state index in [2.05, 4.69) is 30.4 Å². The fraction of sp³-hybridized carbons (Fsp3) is 0. The molecule has 0 aromatic carbocycles. The average Bonchev–Trinajstić information content (AvgIpc) is 2.64. The summed E-state index contributed by atoms with van der Waals surface area (Å²) in [5, 5.41) is 11.7. The van der Waals surface area contributed by atoms with E-state index in [0.717, 1.165) is 0 Å². The van der Waals surface area contributed by atoms with Gasteiger partial charge in [-0.15, -0.1) is 5.10 Å². The van der Waals surface area contributed by atoms with Crippen molar-refractivity contribution < 1.29 is 0 Å². The van der Waals surface area contributed by atoms with E-state index in [9.17, 15) is 0 Å². The maximum Gasteiger partial charge on any atom is 0.241 e. The maximum absolute atomic E-state index is 5.07. The van der Waals surface area contributed by atoms with Crippen LogP contribution in [0.1, 0.15) is 0 Å². The second-order valence-electron chi connectivity index (χ2n) is 1.95. The monoisotopic (exact) mass is 183 g/mol. The summed E-state index contributed by atoms with van der Waals surface area (Å²) in [6.07, 6.45) is 1.36. The summed E-state index contributed by atoms with van der Waals surface area (Å²) in [5.41, 5.74) is 15.2. The third-order valence-corrected chi connectivity index (χ3v) is 0.954. The van der Waals surface area contributed by atoms with Gasteiger partial charge in [0.2, 0.25) is 17.8 Å². The fourth-order valence-corrected chi connectivity index (χ4v) is 0.503. The molecule has 0 spiro atoms. The molecule has 0 saturated heterocycles. The molecule has 13 heavy (non-hydrogen) atoms. The molecule has 2 rings (SSSR count). The van der Waals surface area contributed by atoms with Crippen molar-refractivity contribution in [3.8, 4) is 0 Å². The Balaban J connectivity index is 0.000000132. The summed E-state index contributed by atoms with van der Waals surface area (Å²) in [6.45, 7) is 0. The van der Waals surface area contributed by atoms with Gasteiger partial charge in [0.05, 0.1) is 0 Å². The second-order valence-corrected chi connectivity index (χ2v) is 1.95. The van der Waals surface area contributed by atoms with Gasteiger partial charge in [-0.1, -0.05) is 0 Å². The molecule has 0 radical (unpaired) electrons. The van der Waals surface area contributed by atoms with Crippen LogP contribution in [0.15, 0.2) is 6.33 Å². The zero-order valence-electron chi connectivity index (χ0n) is 6.60. The lowest BCUT2D eigenvalue weighted by molar-refractivity contribution is 1.10. The molecule has 0 aliphatic heterocycles. The summed E-state index contributed by atoms with van der Waals surface area (Å²) in [4.78, 5) is 7.03. The highest BCUT2D eigenvalue weighted by Gasteiger charge is 1.87. The van der Waals surface area contributed by atoms with Crippen LogP contribution in [0.2, 0.25) is 0 Å². The number of nitrogens with one attached hydrogen (secondary N) is 2. The average molecular weight is 183 g/mol. The molecule has 0 bridgehead atoms. The molecule has 0 aliphatic rings. The lowest BCUT2D eigenvalue weighted by atomic mass is 11.0. The van der Waals surface area contributed by atoms with Crippen molar-refractivity contribution >= 4 is 17.8 Å². The van der Waals surface area contributed by atoms with Crippen LogP contribution < -0.4 is 17.2 Å². The zero-order valence-corrected chi connectivity index (χ0v) is 6.60. The highest BCUT2D eigenvalue weighted by atomic mass is 15.3. The number of nitrogens with two attached hydrogens (primary N) is 3. The first kappa shape index (κ1) is 8.77. The van der Waals surface area contributed by atoms with Gasteiger partial charge in [0.1, 0.15) is 6.33 Å². The number of anilines is 3. The number of hydrogen-bond acceptors (Lipinski definition) is 7. The van der Waals surface area contributed by atoms with Gasteiger partial charge in [-0.25, -0.2) is 15.2 Å². The predicted molar refractivity (Wildman–Crippen MR) is 46.0 cm³/mol. The minimum absolute atomic E-state index is 0.178. The van der Waals surface area contributed by atoms with Crippen molar-refractivity contribution in [2.45, 2.75) is 0 Å². The lowest BCUT2D eigenvalue weighted by Crippen LogP contribution is -1.87. The Bertz CT molecular complexity index is 318. The van der Waals surface area contributed by atoms with Gasteiger partial charge in [0.25, 0.3) is 0 Å². The van der Waals surface area contributed by atoms with Gasteiger partial charge >= 0.3 is 0 Å². The zero-order chi connectivity index (χ0) is 9.68. The van der Waals surface area contributed by atoms with Crippen LogP contribution in [0.5, 0.6) is 0 Å². The summed E-state index contributed by atoms with van der Waals surface area (Å²) >= 11 is 0. The molecule has 2 aromatic rings. The Morgan fingerprint density at radius 3 is 2.00 bits per heavy atom. The van der Waals surface area contributed by atoms with Crippen LogP contribution >= 0.6 is 0 Å². The first-order valence-electron chi connectivity index (χ1n) is 3.22. The standard InChI is InChI=1S/C2H5N5.C2H4N4/c3-1-5-2(4)7-6-1;3-2-4-1-5-6-2/h(H5,3,4,5,6,7);1H,(H3,3,4,5,6). The number of rotatable bonds is 0. The molecule has 9 nitrogen and oxygen atoms in total. The number of hydrogen-bond donors (Lipinski definition) is 5. The van der Waals surface area contributed by atoms with E-state index in [1.54, 1.807) is 0 Å². The molecule has 0 aliphatic carbocycles. The van der Waals surface area contributed by atoms with E-state index in [0.29, 0.717) is 5.95 Å². The maximum atomic E-state index is 5.07. The minimum Gasteiger partial charge on any atom is -0.368 e. The Hall–Kier alpha value is -2.32. The predicted octanol–water partition coefficient (Wildman–Crippen LogP) is -1.64. The van der Waals surface area contributed by atoms with E-state index < -0.39 is 0 Å². The van der Waals surface area contributed by atoms with Crippen molar-refractivity contribution in [3.05, 3.63) is 6.33 Å². The van der Waals surface area contributed by atoms with Gasteiger partial charge in [-0.2, -0.15) is 10.1 Å². The SMILES string of the molecule is Nc1n[nH]c(N)n1.Nc1ncn[nH]1. The first-order valence-corrected chi connectivity index (χ1v) is 3.22. The van der Waals surface area contributed by atoms with Crippen molar-refractivity contribution in [1.29, 1.82) is 0 Å². The quantitative estimate of drug-likeness (QED) is 0.327. The molecule has 0 fully saturated rings. The van der Waals surface area contributed by atoms with Crippen LogP contribution in [-0.2, 0) is 0 Å². The fourth-order valence-electron chi connectivity index (χ4n) is 0.503. The summed E-state index contributed by atoms with van der Waals surface area (Å²) in [7, 11) is 0. The molecule has 0 unspecified atom stereocenters. The summed E-state index contributed by atoms with van der Waals surface area (Å²) < 4.78 is 0. The first-order chi connectivity index (χ1) is 6.18. The van der Waals surface area contributed by atoms with E-state index in [1.165, 1.54) is 6.33 Å². The molecule has 8 N–H and O–H groups in total. The van der Waals surface area contributed by atoms with Gasteiger partial charge in [0.15, 0.2) is 0 Å². The molecule has 9 heteroatoms. The summed E-state index contributed by atoms with van der Waals surface area (Å²) in [6, 6.07) is 0. The van der Waals surface area contributed by atoms with Crippen LogP contribution in [0.3, 0.4) is 0 Å². The number of aromatic amines is 2. The van der Waals surface area contributed by atoms with Crippen LogP contribution in [-0.4, -0.2) is 30.4 Å². The van der Waals surface area contributed by atoms with E-state index >= 15 is 0 Å². The van der Waals surface area contributed by atoms with E-state index in [1.807, 2.05) is 0 Å². The van der Waals surface area contributed by atoms with Crippen molar-refractivity contribution in [2.75, 3.05) is 17.2 Å². The highest BCUT2D eigenvalue weighted by molar-refractivity contribution is 5.23. The molecule has 2 aromatic heterocycles.